The molecule has 4 aromatic carbocycles. The van der Waals surface area contributed by atoms with Crippen molar-refractivity contribution in [3.8, 4) is 28.7 Å². The fourth-order valence-corrected chi connectivity index (χ4v) is 10.2. The van der Waals surface area contributed by atoms with E-state index in [4.69, 9.17) is 33.7 Å². The Morgan fingerprint density at radius 2 is 1.20 bits per heavy atom. The third kappa shape index (κ3) is 12.9. The molecule has 422 valence electrons. The molecule has 1 unspecified atom stereocenters. The third-order valence-electron chi connectivity index (χ3n) is 14.8. The number of benzene rings is 4. The van der Waals surface area contributed by atoms with Crippen LogP contribution in [0.2, 0.25) is 0 Å². The number of hydrogen-bond donors (Lipinski definition) is 3. The molecule has 4 aromatic rings. The van der Waals surface area contributed by atoms with Gasteiger partial charge in [-0.25, -0.2) is 0 Å². The minimum atomic E-state index is -0.882. The van der Waals surface area contributed by atoms with Gasteiger partial charge in [0, 0.05) is 93.1 Å². The number of imide groups is 1. The third-order valence-corrected chi connectivity index (χ3v) is 14.8. The number of aliphatic imine (C=N–C) groups is 2. The van der Waals surface area contributed by atoms with E-state index in [9.17, 15) is 33.6 Å². The van der Waals surface area contributed by atoms with Gasteiger partial charge in [0.2, 0.25) is 11.8 Å². The first-order valence-electron chi connectivity index (χ1n) is 27.1. The molecular weight excluding hydrogens is 1040 g/mol. The van der Waals surface area contributed by atoms with Crippen molar-refractivity contribution in [3.05, 3.63) is 120 Å². The molecule has 0 bridgehead atoms. The lowest BCUT2D eigenvalue weighted by atomic mass is 9.99. The zero-order valence-electron chi connectivity index (χ0n) is 46.1. The molecule has 20 heteroatoms. The summed E-state index contributed by atoms with van der Waals surface area (Å²) in [5, 5.41) is 8.85. The number of hydrogen-bond acceptors (Lipinski definition) is 15. The van der Waals surface area contributed by atoms with E-state index >= 15 is 0 Å². The van der Waals surface area contributed by atoms with Crippen LogP contribution < -0.4 is 39.6 Å². The zero-order valence-corrected chi connectivity index (χ0v) is 46.1. The van der Waals surface area contributed by atoms with Crippen LogP contribution in [0.3, 0.4) is 0 Å². The second-order valence-electron chi connectivity index (χ2n) is 20.6. The molecule has 0 aromatic heterocycles. The Hall–Kier alpha value is -8.91. The molecule has 5 heterocycles. The molecule has 0 aliphatic carbocycles. The molecule has 0 saturated carbocycles. The van der Waals surface area contributed by atoms with Crippen molar-refractivity contribution >= 4 is 82.4 Å². The summed E-state index contributed by atoms with van der Waals surface area (Å²) in [6, 6.07) is 19.6. The highest BCUT2D eigenvalue weighted by atomic mass is 16.5. The van der Waals surface area contributed by atoms with Crippen molar-refractivity contribution in [2.45, 2.75) is 83.5 Å². The van der Waals surface area contributed by atoms with Crippen LogP contribution in [-0.2, 0) is 24.0 Å². The number of carbonyl (C=O) groups is 7. The lowest BCUT2D eigenvalue weighted by molar-refractivity contribution is -0.137. The van der Waals surface area contributed by atoms with E-state index in [0.29, 0.717) is 89.7 Å². The summed E-state index contributed by atoms with van der Waals surface area (Å²) in [6.07, 6.45) is 13.8. The second kappa shape index (κ2) is 25.5. The van der Waals surface area contributed by atoms with Crippen molar-refractivity contribution in [2.24, 2.45) is 21.8 Å². The number of ether oxygens (including phenoxy) is 5. The SMILES string of the molecule is COc1ccc(C2=CN3C(=O)c4cc(OC)c(OCCCOc5cc6c(cc5OC)C(=O)N5C=C(c7ccc(NC(=O)[C@H](C)NC(=O)[C@@H](NCC(C=O)CCCCN8C(=O)C=CC8=O)C(C)C)cc7)C[C@H]5C=N6)cc4N=C[C@@H]3C2)cc1. The molecular formula is C61H66N8O12. The Bertz CT molecular complexity index is 3220. The number of fused-ring (bicyclic) bond motifs is 4. The van der Waals surface area contributed by atoms with Gasteiger partial charge in [-0.05, 0) is 84.4 Å². The molecule has 0 saturated heterocycles. The summed E-state index contributed by atoms with van der Waals surface area (Å²) in [5.74, 6) is -0.0741. The van der Waals surface area contributed by atoms with Gasteiger partial charge in [0.25, 0.3) is 23.6 Å². The molecule has 20 nitrogen and oxygen atoms in total. The number of amides is 6. The Morgan fingerprint density at radius 3 is 1.69 bits per heavy atom. The summed E-state index contributed by atoms with van der Waals surface area (Å²) >= 11 is 0. The lowest BCUT2D eigenvalue weighted by Gasteiger charge is -2.25. The maximum Gasteiger partial charge on any atom is 0.260 e. The smallest absolute Gasteiger partial charge is 0.260 e. The van der Waals surface area contributed by atoms with Gasteiger partial charge in [0.1, 0.15) is 18.1 Å². The fourth-order valence-electron chi connectivity index (χ4n) is 10.2. The van der Waals surface area contributed by atoms with E-state index in [0.717, 1.165) is 34.3 Å². The van der Waals surface area contributed by atoms with Crippen molar-refractivity contribution in [1.29, 1.82) is 0 Å². The molecule has 5 atom stereocenters. The number of anilines is 1. The summed E-state index contributed by atoms with van der Waals surface area (Å²) in [7, 11) is 4.65. The molecule has 5 aliphatic heterocycles. The number of unbranched alkanes of at least 4 members (excludes halogenated alkanes) is 1. The van der Waals surface area contributed by atoms with E-state index in [1.165, 1.54) is 31.3 Å². The highest BCUT2D eigenvalue weighted by Crippen LogP contribution is 2.42. The van der Waals surface area contributed by atoms with Crippen LogP contribution in [0.25, 0.3) is 11.1 Å². The van der Waals surface area contributed by atoms with Crippen LogP contribution in [0.5, 0.6) is 28.7 Å². The van der Waals surface area contributed by atoms with Gasteiger partial charge in [0.05, 0.1) is 75.2 Å². The first-order chi connectivity index (χ1) is 39.2. The number of aldehydes is 1. The van der Waals surface area contributed by atoms with Gasteiger partial charge in [-0.3, -0.25) is 43.7 Å². The van der Waals surface area contributed by atoms with Gasteiger partial charge < -0.3 is 54.2 Å². The van der Waals surface area contributed by atoms with E-state index < -0.39 is 18.0 Å². The van der Waals surface area contributed by atoms with E-state index in [1.54, 1.807) is 72.7 Å². The topological polar surface area (TPSA) is 236 Å². The standard InChI is InChI=1S/C61H66N8O12/c1-36(2)57(64-30-38(35-70)10-7-8-21-67-55(71)19-20-56(67)72)59(74)65-37(3)58(73)66-43-15-11-39(12-16-43)41-24-44-31-62-49-28-53(51(78-5)26-47(49)60(75)68(44)33-41)80-22-9-23-81-54-29-50-48(27-52(54)79-6)61(76)69-34-42(25-45(69)32-63-50)40-13-17-46(77-4)18-14-40/h11-20,26-29,31-38,44-45,57,64H,7-10,21-25,30H2,1-6H3,(H,65,74)(H,66,73)/t37-,38?,44-,45-,57-/m0/s1. The number of nitrogens with one attached hydrogen (secondary N) is 3. The van der Waals surface area contributed by atoms with Gasteiger partial charge in [-0.1, -0.05) is 44.5 Å². The van der Waals surface area contributed by atoms with E-state index in [1.807, 2.05) is 62.6 Å². The van der Waals surface area contributed by atoms with Gasteiger partial charge in [-0.15, -0.1) is 0 Å². The summed E-state index contributed by atoms with van der Waals surface area (Å²) < 4.78 is 29.0. The predicted octanol–water partition coefficient (Wildman–Crippen LogP) is 7.47. The molecule has 0 spiro atoms. The quantitative estimate of drug-likeness (QED) is 0.0332. The van der Waals surface area contributed by atoms with E-state index in [-0.39, 0.29) is 79.8 Å². The number of rotatable bonds is 25. The Labute approximate surface area is 469 Å². The molecule has 3 N–H and O–H groups in total. The average molecular weight is 1100 g/mol. The molecule has 0 fully saturated rings. The molecule has 6 amide bonds. The first kappa shape index (κ1) is 56.8. The van der Waals surface area contributed by atoms with Crippen molar-refractivity contribution in [3.63, 3.8) is 0 Å². The highest BCUT2D eigenvalue weighted by Gasteiger charge is 2.36. The number of nitrogens with zero attached hydrogens (tertiary/aromatic N) is 5. The Balaban J connectivity index is 0.741. The normalized spacial score (nSPS) is 18.0. The largest absolute Gasteiger partial charge is 0.497 e. The summed E-state index contributed by atoms with van der Waals surface area (Å²) in [6.45, 7) is 6.36. The minimum Gasteiger partial charge on any atom is -0.497 e. The molecule has 81 heavy (non-hydrogen) atoms. The highest BCUT2D eigenvalue weighted by molar-refractivity contribution is 6.13. The van der Waals surface area contributed by atoms with E-state index in [2.05, 4.69) is 16.0 Å². The van der Waals surface area contributed by atoms with Crippen molar-refractivity contribution in [1.82, 2.24) is 25.3 Å². The summed E-state index contributed by atoms with van der Waals surface area (Å²) in [5.41, 5.74) is 5.98. The van der Waals surface area contributed by atoms with Crippen molar-refractivity contribution < 1.29 is 57.2 Å². The lowest BCUT2D eigenvalue weighted by Crippen LogP contribution is -2.53. The van der Waals surface area contributed by atoms with Crippen LogP contribution in [0.15, 0.2) is 107 Å². The Morgan fingerprint density at radius 1 is 0.667 bits per heavy atom. The van der Waals surface area contributed by atoms with Gasteiger partial charge in [0.15, 0.2) is 23.0 Å². The zero-order chi connectivity index (χ0) is 57.3. The first-order valence-corrected chi connectivity index (χ1v) is 27.1. The van der Waals surface area contributed by atoms with Crippen LogP contribution in [0.1, 0.15) is 91.1 Å². The number of carbonyl (C=O) groups excluding carboxylic acids is 7. The Kier molecular flexibility index (Phi) is 17.9. The molecule has 0 radical (unpaired) electrons. The van der Waals surface area contributed by atoms with Crippen LogP contribution >= 0.6 is 0 Å². The van der Waals surface area contributed by atoms with Crippen LogP contribution in [0, 0.1) is 11.8 Å². The summed E-state index contributed by atoms with van der Waals surface area (Å²) in [4.78, 5) is 104. The fraction of sp³-hybridized carbons (Fsp3) is 0.361. The molecule has 9 rings (SSSR count). The second-order valence-corrected chi connectivity index (χ2v) is 20.6. The van der Waals surface area contributed by atoms with Crippen molar-refractivity contribution in [2.75, 3.05) is 52.9 Å². The maximum absolute atomic E-state index is 14.1. The van der Waals surface area contributed by atoms with Gasteiger partial charge >= 0.3 is 0 Å². The van der Waals surface area contributed by atoms with Crippen LogP contribution in [0.4, 0.5) is 17.1 Å². The monoisotopic (exact) mass is 1100 g/mol. The molecule has 5 aliphatic rings. The van der Waals surface area contributed by atoms with Crippen LogP contribution in [-0.4, -0.2) is 141 Å². The maximum atomic E-state index is 14.1. The number of methoxy groups -OCH3 is 3. The minimum absolute atomic E-state index is 0.151. The predicted molar refractivity (Wildman–Crippen MR) is 305 cm³/mol. The van der Waals surface area contributed by atoms with Gasteiger partial charge in [-0.2, -0.15) is 0 Å². The average Bonchev–Trinajstić information content (AvgIpc) is 4.30.